The number of carbonyl (C=O) groups excluding carboxylic acids is 1. The van der Waals surface area contributed by atoms with Gasteiger partial charge >= 0.3 is 0 Å². The molecule has 3 rings (SSSR count). The van der Waals surface area contributed by atoms with Crippen LogP contribution >= 0.6 is 11.6 Å². The van der Waals surface area contributed by atoms with E-state index in [0.717, 1.165) is 0 Å². The fourth-order valence-corrected chi connectivity index (χ4v) is 3.67. The van der Waals surface area contributed by atoms with Crippen molar-refractivity contribution in [1.82, 2.24) is 20.2 Å². The monoisotopic (exact) mass is 436 g/mol. The highest BCUT2D eigenvalue weighted by atomic mass is 35.5. The van der Waals surface area contributed by atoms with Gasteiger partial charge in [-0.25, -0.2) is 13.1 Å². The first kappa shape index (κ1) is 20.8. The minimum Gasteiger partial charge on any atom is -0.496 e. The third-order valence-electron chi connectivity index (χ3n) is 3.92. The maximum absolute atomic E-state index is 12.6. The number of nitrogens with one attached hydrogen (secondary N) is 2. The number of hydrogen-bond acceptors (Lipinski definition) is 7. The number of rotatable bonds is 7. The van der Waals surface area contributed by atoms with Crippen LogP contribution in [0.2, 0.25) is 5.02 Å². The molecule has 29 heavy (non-hydrogen) atoms. The number of aromatic nitrogens is 2. The molecule has 1 heterocycles. The summed E-state index contributed by atoms with van der Waals surface area (Å²) in [5.74, 6) is 0.143. The van der Waals surface area contributed by atoms with Crippen LogP contribution in [0.1, 0.15) is 16.2 Å². The number of sulfonamides is 1. The molecule has 11 heteroatoms. The van der Waals surface area contributed by atoms with Crippen molar-refractivity contribution in [3.8, 4) is 17.1 Å². The van der Waals surface area contributed by atoms with Gasteiger partial charge in [0, 0.05) is 17.6 Å². The second kappa shape index (κ2) is 8.60. The van der Waals surface area contributed by atoms with Crippen LogP contribution in [0, 0.1) is 0 Å². The Labute approximate surface area is 172 Å². The number of carbonyl (C=O) groups is 1. The summed E-state index contributed by atoms with van der Waals surface area (Å²) in [4.78, 5) is 16.0. The summed E-state index contributed by atoms with van der Waals surface area (Å²) < 4.78 is 37.8. The van der Waals surface area contributed by atoms with Crippen molar-refractivity contribution < 1.29 is 22.5 Å². The van der Waals surface area contributed by atoms with Crippen LogP contribution in [-0.2, 0) is 16.6 Å². The largest absolute Gasteiger partial charge is 0.496 e. The Balaban J connectivity index is 1.78. The topological polar surface area (TPSA) is 123 Å². The Morgan fingerprint density at radius 2 is 2.03 bits per heavy atom. The molecule has 2 aromatic carbocycles. The molecule has 0 aliphatic heterocycles. The van der Waals surface area contributed by atoms with Gasteiger partial charge in [0.1, 0.15) is 5.75 Å². The predicted octanol–water partition coefficient (Wildman–Crippen LogP) is 2.24. The Kier molecular flexibility index (Phi) is 6.16. The molecule has 2 N–H and O–H groups in total. The van der Waals surface area contributed by atoms with E-state index in [2.05, 4.69) is 20.2 Å². The number of nitrogens with zero attached hydrogens (tertiary/aromatic N) is 2. The molecule has 3 aromatic rings. The predicted molar refractivity (Wildman–Crippen MR) is 105 cm³/mol. The lowest BCUT2D eigenvalue weighted by molar-refractivity contribution is 0.0960. The maximum atomic E-state index is 12.6. The fraction of sp³-hybridized carbons (Fsp3) is 0.167. The van der Waals surface area contributed by atoms with Gasteiger partial charge < -0.3 is 14.6 Å². The van der Waals surface area contributed by atoms with E-state index >= 15 is 0 Å². The highest BCUT2D eigenvalue weighted by Crippen LogP contribution is 2.23. The van der Waals surface area contributed by atoms with Gasteiger partial charge in [-0.15, -0.1) is 0 Å². The number of benzene rings is 2. The van der Waals surface area contributed by atoms with Crippen LogP contribution in [0.4, 0.5) is 0 Å². The summed E-state index contributed by atoms with van der Waals surface area (Å²) in [5, 5.41) is 6.78. The van der Waals surface area contributed by atoms with E-state index in [0.29, 0.717) is 10.6 Å². The number of methoxy groups -OCH3 is 1. The highest BCUT2D eigenvalue weighted by Gasteiger charge is 2.20. The zero-order chi connectivity index (χ0) is 21.0. The first-order valence-electron chi connectivity index (χ1n) is 8.32. The lowest BCUT2D eigenvalue weighted by Gasteiger charge is -2.10. The molecule has 0 fully saturated rings. The lowest BCUT2D eigenvalue weighted by atomic mass is 10.2. The summed E-state index contributed by atoms with van der Waals surface area (Å²) in [5.41, 5.74) is 0.736. The van der Waals surface area contributed by atoms with Crippen molar-refractivity contribution in [2.24, 2.45) is 0 Å². The molecule has 0 bridgehead atoms. The minimum atomic E-state index is -3.94. The van der Waals surface area contributed by atoms with Gasteiger partial charge in [-0.1, -0.05) is 28.9 Å². The van der Waals surface area contributed by atoms with Gasteiger partial charge in [0.2, 0.25) is 21.7 Å². The minimum absolute atomic E-state index is 0.0728. The molecular formula is C18H17ClN4O5S. The van der Waals surface area contributed by atoms with Crippen LogP contribution in [-0.4, -0.2) is 38.6 Å². The number of ether oxygens (including phenoxy) is 1. The smallest absolute Gasteiger partial charge is 0.254 e. The summed E-state index contributed by atoms with van der Waals surface area (Å²) in [7, 11) is -1.12. The van der Waals surface area contributed by atoms with E-state index < -0.39 is 15.9 Å². The Hall–Kier alpha value is -2.95. The molecule has 152 valence electrons. The van der Waals surface area contributed by atoms with Gasteiger partial charge in [-0.05, 0) is 30.3 Å². The quantitative estimate of drug-likeness (QED) is 0.582. The summed E-state index contributed by atoms with van der Waals surface area (Å²) in [6.07, 6.45) is 0. The van der Waals surface area contributed by atoms with Crippen LogP contribution in [0.15, 0.2) is 51.9 Å². The van der Waals surface area contributed by atoms with Crippen molar-refractivity contribution >= 4 is 27.5 Å². The molecule has 0 radical (unpaired) electrons. The third kappa shape index (κ3) is 4.73. The van der Waals surface area contributed by atoms with Gasteiger partial charge in [0.25, 0.3) is 5.91 Å². The molecule has 0 saturated heterocycles. The van der Waals surface area contributed by atoms with E-state index in [1.807, 2.05) is 0 Å². The number of halogens is 1. The molecule has 0 aliphatic rings. The molecule has 1 amide bonds. The first-order chi connectivity index (χ1) is 13.8. The van der Waals surface area contributed by atoms with E-state index in [1.165, 1.54) is 32.4 Å². The second-order valence-electron chi connectivity index (χ2n) is 5.79. The van der Waals surface area contributed by atoms with Gasteiger partial charge in [-0.2, -0.15) is 4.98 Å². The van der Waals surface area contributed by atoms with Crippen LogP contribution in [0.25, 0.3) is 11.4 Å². The van der Waals surface area contributed by atoms with Gasteiger partial charge in [-0.3, -0.25) is 4.79 Å². The highest BCUT2D eigenvalue weighted by molar-refractivity contribution is 7.89. The van der Waals surface area contributed by atoms with Crippen molar-refractivity contribution in [2.75, 3.05) is 14.2 Å². The third-order valence-corrected chi connectivity index (χ3v) is 5.55. The molecule has 0 atom stereocenters. The molecule has 9 nitrogen and oxygen atoms in total. The van der Waals surface area contributed by atoms with Crippen molar-refractivity contribution in [3.05, 3.63) is 58.9 Å². The standard InChI is InChI=1S/C18H17ClN4O5S/c1-20-18(24)14-9-13(6-7-15(14)27-2)29(25,26)21-10-16-22-17(23-28-16)11-4-3-5-12(19)8-11/h3-9,21H,10H2,1-2H3,(H,20,24). The fourth-order valence-electron chi connectivity index (χ4n) is 2.48. The van der Waals surface area contributed by atoms with Crippen LogP contribution < -0.4 is 14.8 Å². The summed E-state index contributed by atoms with van der Waals surface area (Å²) in [6.45, 7) is -0.225. The second-order valence-corrected chi connectivity index (χ2v) is 7.99. The van der Waals surface area contributed by atoms with Crippen LogP contribution in [0.3, 0.4) is 0 Å². The van der Waals surface area contributed by atoms with E-state index in [9.17, 15) is 13.2 Å². The lowest BCUT2D eigenvalue weighted by Crippen LogP contribution is -2.24. The van der Waals surface area contributed by atoms with E-state index in [-0.39, 0.29) is 34.5 Å². The number of hydrogen-bond donors (Lipinski definition) is 2. The Morgan fingerprint density at radius 3 is 2.72 bits per heavy atom. The maximum Gasteiger partial charge on any atom is 0.254 e. The average Bonchev–Trinajstić information content (AvgIpc) is 3.20. The van der Waals surface area contributed by atoms with E-state index in [4.69, 9.17) is 20.9 Å². The first-order valence-corrected chi connectivity index (χ1v) is 10.2. The van der Waals surface area contributed by atoms with Crippen molar-refractivity contribution in [2.45, 2.75) is 11.4 Å². The zero-order valence-corrected chi connectivity index (χ0v) is 17.0. The Morgan fingerprint density at radius 1 is 1.24 bits per heavy atom. The molecule has 0 aliphatic carbocycles. The van der Waals surface area contributed by atoms with Crippen LogP contribution in [0.5, 0.6) is 5.75 Å². The van der Waals surface area contributed by atoms with Crippen molar-refractivity contribution in [1.29, 1.82) is 0 Å². The zero-order valence-electron chi connectivity index (χ0n) is 15.5. The van der Waals surface area contributed by atoms with Gasteiger partial charge in [0.05, 0.1) is 24.1 Å². The molecular weight excluding hydrogens is 420 g/mol. The Bertz CT molecular complexity index is 1150. The van der Waals surface area contributed by atoms with E-state index in [1.54, 1.807) is 24.3 Å². The molecule has 1 aromatic heterocycles. The number of amides is 1. The molecule has 0 unspecified atom stereocenters. The van der Waals surface area contributed by atoms with Crippen molar-refractivity contribution in [3.63, 3.8) is 0 Å². The summed E-state index contributed by atoms with van der Waals surface area (Å²) in [6, 6.07) is 10.8. The molecule has 0 spiro atoms. The average molecular weight is 437 g/mol. The normalized spacial score (nSPS) is 11.3. The SMILES string of the molecule is CNC(=O)c1cc(S(=O)(=O)NCc2nc(-c3cccc(Cl)c3)no2)ccc1OC. The summed E-state index contributed by atoms with van der Waals surface area (Å²) >= 11 is 5.94. The van der Waals surface area contributed by atoms with Gasteiger partial charge in [0.15, 0.2) is 0 Å². The molecule has 0 saturated carbocycles.